The van der Waals surface area contributed by atoms with E-state index in [9.17, 15) is 14.7 Å². The summed E-state index contributed by atoms with van der Waals surface area (Å²) < 4.78 is 5.32. The van der Waals surface area contributed by atoms with Crippen LogP contribution in [0.25, 0.3) is 0 Å². The van der Waals surface area contributed by atoms with Crippen LogP contribution < -0.4 is 10.6 Å². The second-order valence-electron chi connectivity index (χ2n) is 5.75. The Labute approximate surface area is 117 Å². The lowest BCUT2D eigenvalue weighted by atomic mass is 10.0. The molecule has 20 heavy (non-hydrogen) atoms. The van der Waals surface area contributed by atoms with Crippen LogP contribution in [0.3, 0.4) is 0 Å². The van der Waals surface area contributed by atoms with E-state index in [1.807, 2.05) is 0 Å². The van der Waals surface area contributed by atoms with Crippen molar-refractivity contribution >= 4 is 23.4 Å². The van der Waals surface area contributed by atoms with E-state index in [1.165, 1.54) is 11.0 Å². The highest BCUT2D eigenvalue weighted by molar-refractivity contribution is 5.98. The van der Waals surface area contributed by atoms with Crippen molar-refractivity contribution in [3.63, 3.8) is 0 Å². The molecule has 3 N–H and O–H groups in total. The van der Waals surface area contributed by atoms with Crippen LogP contribution >= 0.6 is 0 Å². The first-order valence-corrected chi connectivity index (χ1v) is 6.35. The third kappa shape index (κ3) is 2.68. The molecular weight excluding hydrogens is 260 g/mol. The van der Waals surface area contributed by atoms with Crippen molar-refractivity contribution in [3.8, 4) is 0 Å². The standard InChI is InChI=1S/C14H18N2O4/c1-14(2,3)20-13(19)16-5-4-9-10(12(17)18)6-8(15)7-11(9)16/h6-7H,4-5,15H2,1-3H3,(H,17,18). The summed E-state index contributed by atoms with van der Waals surface area (Å²) in [6.45, 7) is 5.74. The number of rotatable bonds is 1. The monoisotopic (exact) mass is 278 g/mol. The van der Waals surface area contributed by atoms with Gasteiger partial charge in [-0.3, -0.25) is 4.90 Å². The van der Waals surface area contributed by atoms with E-state index in [4.69, 9.17) is 10.5 Å². The molecule has 1 aliphatic rings. The van der Waals surface area contributed by atoms with Crippen molar-refractivity contribution in [2.45, 2.75) is 32.8 Å². The number of ether oxygens (including phenoxy) is 1. The number of nitrogen functional groups attached to an aromatic ring is 1. The second-order valence-corrected chi connectivity index (χ2v) is 5.75. The lowest BCUT2D eigenvalue weighted by molar-refractivity contribution is 0.0583. The van der Waals surface area contributed by atoms with E-state index >= 15 is 0 Å². The van der Waals surface area contributed by atoms with Crippen LogP contribution in [0.4, 0.5) is 16.2 Å². The Kier molecular flexibility index (Phi) is 3.33. The van der Waals surface area contributed by atoms with Crippen molar-refractivity contribution in [1.29, 1.82) is 0 Å². The Morgan fingerprint density at radius 1 is 1.35 bits per heavy atom. The molecule has 1 aromatic carbocycles. The first-order valence-electron chi connectivity index (χ1n) is 6.35. The number of hydrogen-bond donors (Lipinski definition) is 2. The second kappa shape index (κ2) is 4.70. The van der Waals surface area contributed by atoms with E-state index < -0.39 is 17.7 Å². The predicted octanol–water partition coefficient (Wildman–Crippen LogP) is 2.26. The van der Waals surface area contributed by atoms with Gasteiger partial charge in [0.1, 0.15) is 5.60 Å². The van der Waals surface area contributed by atoms with Gasteiger partial charge in [-0.05, 0) is 44.9 Å². The third-order valence-electron chi connectivity index (χ3n) is 2.97. The first kappa shape index (κ1) is 14.2. The molecular formula is C14H18N2O4. The van der Waals surface area contributed by atoms with Crippen molar-refractivity contribution in [3.05, 3.63) is 23.3 Å². The van der Waals surface area contributed by atoms with Crippen LogP contribution in [0.1, 0.15) is 36.7 Å². The number of nitrogens with zero attached hydrogens (tertiary/aromatic N) is 1. The lowest BCUT2D eigenvalue weighted by Gasteiger charge is -2.25. The van der Waals surface area contributed by atoms with Crippen molar-refractivity contribution in [2.75, 3.05) is 17.2 Å². The molecule has 1 aliphatic heterocycles. The maximum Gasteiger partial charge on any atom is 0.414 e. The van der Waals surface area contributed by atoms with Gasteiger partial charge in [0.2, 0.25) is 0 Å². The number of anilines is 2. The van der Waals surface area contributed by atoms with Crippen molar-refractivity contribution in [2.24, 2.45) is 0 Å². The number of carboxylic acid groups (broad SMARTS) is 1. The predicted molar refractivity (Wildman–Crippen MR) is 75.1 cm³/mol. The largest absolute Gasteiger partial charge is 0.478 e. The molecule has 6 heteroatoms. The summed E-state index contributed by atoms with van der Waals surface area (Å²) in [6, 6.07) is 3.03. The van der Waals surface area contributed by atoms with Gasteiger partial charge in [-0.15, -0.1) is 0 Å². The van der Waals surface area contributed by atoms with E-state index in [0.29, 0.717) is 29.9 Å². The SMILES string of the molecule is CC(C)(C)OC(=O)N1CCc2c(C(=O)O)cc(N)cc21. The van der Waals surface area contributed by atoms with Gasteiger partial charge >= 0.3 is 12.1 Å². The molecule has 0 atom stereocenters. The molecule has 2 rings (SSSR count). The average molecular weight is 278 g/mol. The Morgan fingerprint density at radius 3 is 2.55 bits per heavy atom. The summed E-state index contributed by atoms with van der Waals surface area (Å²) in [5.74, 6) is -1.04. The molecule has 1 aromatic rings. The molecule has 108 valence electrons. The number of aromatic carboxylic acids is 1. The highest BCUT2D eigenvalue weighted by atomic mass is 16.6. The van der Waals surface area contributed by atoms with E-state index in [1.54, 1.807) is 26.8 Å². The van der Waals surface area contributed by atoms with Crippen LogP contribution in [0.15, 0.2) is 12.1 Å². The minimum absolute atomic E-state index is 0.144. The zero-order valence-electron chi connectivity index (χ0n) is 11.8. The summed E-state index contributed by atoms with van der Waals surface area (Å²) in [6.07, 6.45) is -0.00516. The van der Waals surface area contributed by atoms with E-state index in [0.717, 1.165) is 0 Å². The number of fused-ring (bicyclic) bond motifs is 1. The van der Waals surface area contributed by atoms with Gasteiger partial charge in [0, 0.05) is 12.2 Å². The molecule has 0 spiro atoms. The molecule has 1 amide bonds. The van der Waals surface area contributed by atoms with Gasteiger partial charge in [-0.25, -0.2) is 9.59 Å². The van der Waals surface area contributed by atoms with Crippen LogP contribution in [-0.4, -0.2) is 29.3 Å². The Morgan fingerprint density at radius 2 is 2.00 bits per heavy atom. The normalized spacial score (nSPS) is 14.1. The molecule has 0 saturated heterocycles. The van der Waals surface area contributed by atoms with E-state index in [2.05, 4.69) is 0 Å². The molecule has 0 bridgehead atoms. The molecule has 6 nitrogen and oxygen atoms in total. The van der Waals surface area contributed by atoms with Gasteiger partial charge in [0.15, 0.2) is 0 Å². The molecule has 0 aliphatic carbocycles. The molecule has 0 fully saturated rings. The summed E-state index contributed by atoms with van der Waals surface area (Å²) in [7, 11) is 0. The van der Waals surface area contributed by atoms with Crippen LogP contribution in [0.2, 0.25) is 0 Å². The minimum Gasteiger partial charge on any atom is -0.478 e. The quantitative estimate of drug-likeness (QED) is 0.769. The van der Waals surface area contributed by atoms with Gasteiger partial charge in [0.05, 0.1) is 11.3 Å². The number of carbonyl (C=O) groups is 2. The minimum atomic E-state index is -1.04. The maximum absolute atomic E-state index is 12.1. The summed E-state index contributed by atoms with van der Waals surface area (Å²) in [5, 5.41) is 9.19. The fourth-order valence-electron chi connectivity index (χ4n) is 2.22. The topological polar surface area (TPSA) is 92.9 Å². The maximum atomic E-state index is 12.1. The Hall–Kier alpha value is -2.24. The summed E-state index contributed by atoms with van der Waals surface area (Å²) >= 11 is 0. The molecule has 0 radical (unpaired) electrons. The van der Waals surface area contributed by atoms with Gasteiger partial charge in [-0.1, -0.05) is 0 Å². The van der Waals surface area contributed by atoms with Gasteiger partial charge in [-0.2, -0.15) is 0 Å². The number of carboxylic acids is 1. The number of nitrogens with two attached hydrogens (primary N) is 1. The van der Waals surface area contributed by atoms with Crippen LogP contribution in [0, 0.1) is 0 Å². The highest BCUT2D eigenvalue weighted by Gasteiger charge is 2.31. The fraction of sp³-hybridized carbons (Fsp3) is 0.429. The number of carbonyl (C=O) groups excluding carboxylic acids is 1. The highest BCUT2D eigenvalue weighted by Crippen LogP contribution is 2.34. The first-order chi connectivity index (χ1) is 9.19. The molecule has 0 aromatic heterocycles. The van der Waals surface area contributed by atoms with Gasteiger partial charge in [0.25, 0.3) is 0 Å². The molecule has 0 saturated carbocycles. The molecule has 0 unspecified atom stereocenters. The number of hydrogen-bond acceptors (Lipinski definition) is 4. The third-order valence-corrected chi connectivity index (χ3v) is 2.97. The molecule has 1 heterocycles. The zero-order valence-corrected chi connectivity index (χ0v) is 11.8. The van der Waals surface area contributed by atoms with Crippen LogP contribution in [-0.2, 0) is 11.2 Å². The average Bonchev–Trinajstić information content (AvgIpc) is 2.68. The van der Waals surface area contributed by atoms with Crippen molar-refractivity contribution in [1.82, 2.24) is 0 Å². The smallest absolute Gasteiger partial charge is 0.414 e. The zero-order chi connectivity index (χ0) is 15.1. The van der Waals surface area contributed by atoms with Crippen LogP contribution in [0.5, 0.6) is 0 Å². The Balaban J connectivity index is 2.38. The number of amides is 1. The van der Waals surface area contributed by atoms with E-state index in [-0.39, 0.29) is 5.56 Å². The van der Waals surface area contributed by atoms with Crippen molar-refractivity contribution < 1.29 is 19.4 Å². The number of benzene rings is 1. The fourth-order valence-corrected chi connectivity index (χ4v) is 2.22. The Bertz CT molecular complexity index is 575. The lowest BCUT2D eigenvalue weighted by Crippen LogP contribution is -2.35. The van der Waals surface area contributed by atoms with Gasteiger partial charge < -0.3 is 15.6 Å². The summed E-state index contributed by atoms with van der Waals surface area (Å²) in [5.41, 5.74) is 6.72. The summed E-state index contributed by atoms with van der Waals surface area (Å²) in [4.78, 5) is 24.8.